The predicted molar refractivity (Wildman–Crippen MR) is 136 cm³/mol. The molecular weight excluding hydrogens is 515 g/mol. The average molecular weight is 548 g/mol. The van der Waals surface area contributed by atoms with Crippen LogP contribution in [0, 0.1) is 0 Å². The number of benzene rings is 1. The molecule has 2 aliphatic rings. The van der Waals surface area contributed by atoms with Crippen LogP contribution in [0.3, 0.4) is 0 Å². The Hall–Kier alpha value is -3.45. The Morgan fingerprint density at radius 2 is 1.79 bits per heavy atom. The SMILES string of the molecule is CC(=O)N1CCN(CCOc2ccc(C3(O)CCN(c4ccc5nnc(C(F)(F)F)n5n4)CC3)cc2)C[C@@H]1C. The zero-order valence-corrected chi connectivity index (χ0v) is 21.9. The van der Waals surface area contributed by atoms with Crippen LogP contribution in [0.25, 0.3) is 5.65 Å². The van der Waals surface area contributed by atoms with Crippen LogP contribution in [0.15, 0.2) is 36.4 Å². The number of hydrogen-bond donors (Lipinski definition) is 1. The first-order valence-corrected chi connectivity index (χ1v) is 13.0. The van der Waals surface area contributed by atoms with Gasteiger partial charge in [-0.3, -0.25) is 9.69 Å². The molecule has 1 aromatic carbocycles. The number of alkyl halides is 3. The fraction of sp³-hybridized carbons (Fsp3) is 0.538. The summed E-state index contributed by atoms with van der Waals surface area (Å²) in [5, 5.41) is 22.2. The third kappa shape index (κ3) is 5.78. The van der Waals surface area contributed by atoms with Crippen molar-refractivity contribution in [1.82, 2.24) is 29.6 Å². The van der Waals surface area contributed by atoms with Crippen molar-refractivity contribution in [3.8, 4) is 5.75 Å². The Labute approximate surface area is 224 Å². The van der Waals surface area contributed by atoms with Crippen LogP contribution in [0.2, 0.25) is 0 Å². The lowest BCUT2D eigenvalue weighted by Gasteiger charge is -2.39. The molecule has 1 N–H and O–H groups in total. The third-order valence-corrected chi connectivity index (χ3v) is 7.60. The number of aromatic nitrogens is 4. The number of fused-ring (bicyclic) bond motifs is 1. The van der Waals surface area contributed by atoms with Crippen molar-refractivity contribution in [3.63, 3.8) is 0 Å². The summed E-state index contributed by atoms with van der Waals surface area (Å²) in [6.45, 7) is 8.14. The summed E-state index contributed by atoms with van der Waals surface area (Å²) >= 11 is 0. The highest BCUT2D eigenvalue weighted by Gasteiger charge is 2.38. The van der Waals surface area contributed by atoms with Crippen molar-refractivity contribution in [3.05, 3.63) is 47.8 Å². The summed E-state index contributed by atoms with van der Waals surface area (Å²) in [4.78, 5) is 17.7. The van der Waals surface area contributed by atoms with E-state index in [9.17, 15) is 23.1 Å². The van der Waals surface area contributed by atoms with E-state index < -0.39 is 17.6 Å². The Kier molecular flexibility index (Phi) is 7.38. The Bertz CT molecular complexity index is 1310. The van der Waals surface area contributed by atoms with E-state index in [-0.39, 0.29) is 17.6 Å². The van der Waals surface area contributed by atoms with Gasteiger partial charge in [-0.1, -0.05) is 12.1 Å². The van der Waals surface area contributed by atoms with Crippen LogP contribution >= 0.6 is 0 Å². The minimum atomic E-state index is -4.66. The second kappa shape index (κ2) is 10.6. The Morgan fingerprint density at radius 1 is 1.08 bits per heavy atom. The summed E-state index contributed by atoms with van der Waals surface area (Å²) in [5.41, 5.74) is -0.267. The number of aliphatic hydroxyl groups is 1. The molecule has 0 unspecified atom stereocenters. The van der Waals surface area contributed by atoms with Gasteiger partial charge in [0.2, 0.25) is 5.91 Å². The van der Waals surface area contributed by atoms with Gasteiger partial charge in [-0.05, 0) is 49.6 Å². The maximum atomic E-state index is 13.2. The summed E-state index contributed by atoms with van der Waals surface area (Å²) in [6, 6.07) is 10.7. The lowest BCUT2D eigenvalue weighted by molar-refractivity contribution is -0.146. The monoisotopic (exact) mass is 547 g/mol. The van der Waals surface area contributed by atoms with E-state index in [4.69, 9.17) is 4.74 Å². The van der Waals surface area contributed by atoms with Crippen molar-refractivity contribution in [1.29, 1.82) is 0 Å². The molecule has 1 atom stereocenters. The van der Waals surface area contributed by atoms with Gasteiger partial charge in [0, 0.05) is 52.2 Å². The topological polar surface area (TPSA) is 99.3 Å². The van der Waals surface area contributed by atoms with Crippen molar-refractivity contribution >= 4 is 17.4 Å². The summed E-state index contributed by atoms with van der Waals surface area (Å²) in [5.74, 6) is 0.0219. The average Bonchev–Trinajstić information content (AvgIpc) is 3.33. The standard InChI is InChI=1S/C26H32F3N7O3/c1-18-17-33(13-14-35(18)19(2)37)15-16-39-21-5-3-20(4-6-21)25(38)9-11-34(12-10-25)23-8-7-22-30-31-24(26(27,28)29)36(22)32-23/h3-8,18,38H,9-17H2,1-2H3/t18-/m0/s1. The van der Waals surface area contributed by atoms with Crippen molar-refractivity contribution in [2.24, 2.45) is 0 Å². The lowest BCUT2D eigenvalue weighted by Crippen LogP contribution is -2.54. The van der Waals surface area contributed by atoms with Crippen molar-refractivity contribution in [2.75, 3.05) is 50.8 Å². The van der Waals surface area contributed by atoms with E-state index in [1.165, 1.54) is 6.07 Å². The number of carbonyl (C=O) groups is 1. The minimum absolute atomic E-state index is 0.0204. The molecule has 0 bridgehead atoms. The first-order chi connectivity index (χ1) is 18.5. The summed E-state index contributed by atoms with van der Waals surface area (Å²) in [6.07, 6.45) is -3.87. The maximum Gasteiger partial charge on any atom is 0.453 e. The van der Waals surface area contributed by atoms with Crippen LogP contribution in [0.1, 0.15) is 38.1 Å². The molecule has 4 heterocycles. The van der Waals surface area contributed by atoms with E-state index in [2.05, 4.69) is 27.1 Å². The molecule has 2 aromatic heterocycles. The van der Waals surface area contributed by atoms with Gasteiger partial charge in [0.15, 0.2) is 5.65 Å². The molecule has 2 fully saturated rings. The van der Waals surface area contributed by atoms with Gasteiger partial charge in [0.1, 0.15) is 18.2 Å². The van der Waals surface area contributed by atoms with Gasteiger partial charge >= 0.3 is 6.18 Å². The molecule has 1 amide bonds. The van der Waals surface area contributed by atoms with Crippen LogP contribution in [-0.2, 0) is 16.6 Å². The number of amides is 1. The van der Waals surface area contributed by atoms with Crippen molar-refractivity contribution in [2.45, 2.75) is 44.5 Å². The zero-order valence-electron chi connectivity index (χ0n) is 21.9. The highest BCUT2D eigenvalue weighted by Crippen LogP contribution is 2.35. The first-order valence-electron chi connectivity index (χ1n) is 13.0. The molecule has 0 aliphatic carbocycles. The van der Waals surface area contributed by atoms with Gasteiger partial charge in [0.25, 0.3) is 5.82 Å². The highest BCUT2D eigenvalue weighted by molar-refractivity contribution is 5.73. The normalized spacial score (nSPS) is 20.4. The van der Waals surface area contributed by atoms with E-state index >= 15 is 0 Å². The number of halogens is 3. The van der Waals surface area contributed by atoms with Gasteiger partial charge < -0.3 is 19.6 Å². The minimum Gasteiger partial charge on any atom is -0.492 e. The quantitative estimate of drug-likeness (QED) is 0.503. The van der Waals surface area contributed by atoms with E-state index in [0.717, 1.165) is 31.7 Å². The molecule has 2 saturated heterocycles. The second-order valence-corrected chi connectivity index (χ2v) is 10.2. The smallest absolute Gasteiger partial charge is 0.453 e. The summed E-state index contributed by atoms with van der Waals surface area (Å²) < 4.78 is 46.3. The first kappa shape index (κ1) is 27.1. The Morgan fingerprint density at radius 3 is 2.44 bits per heavy atom. The maximum absolute atomic E-state index is 13.2. The number of piperidine rings is 1. The molecule has 0 spiro atoms. The van der Waals surface area contributed by atoms with Gasteiger partial charge in [-0.2, -0.15) is 17.7 Å². The second-order valence-electron chi connectivity index (χ2n) is 10.2. The predicted octanol–water partition coefficient (Wildman–Crippen LogP) is 2.56. The largest absolute Gasteiger partial charge is 0.492 e. The molecule has 2 aliphatic heterocycles. The molecule has 39 heavy (non-hydrogen) atoms. The van der Waals surface area contributed by atoms with Gasteiger partial charge in [-0.15, -0.1) is 15.3 Å². The number of rotatable bonds is 6. The fourth-order valence-corrected chi connectivity index (χ4v) is 5.38. The number of hydrogen-bond acceptors (Lipinski definition) is 8. The van der Waals surface area contributed by atoms with Crippen LogP contribution in [0.4, 0.5) is 19.0 Å². The number of piperazine rings is 1. The zero-order chi connectivity index (χ0) is 27.8. The number of ether oxygens (including phenoxy) is 1. The highest BCUT2D eigenvalue weighted by atomic mass is 19.4. The number of anilines is 1. The van der Waals surface area contributed by atoms with E-state index in [1.54, 1.807) is 13.0 Å². The number of carbonyl (C=O) groups excluding carboxylic acids is 1. The molecule has 10 nitrogen and oxygen atoms in total. The third-order valence-electron chi connectivity index (χ3n) is 7.60. The van der Waals surface area contributed by atoms with Crippen molar-refractivity contribution < 1.29 is 27.8 Å². The molecule has 210 valence electrons. The molecule has 3 aromatic rings. The van der Waals surface area contributed by atoms with E-state index in [1.807, 2.05) is 34.1 Å². The Balaban J connectivity index is 1.14. The fourth-order valence-electron chi connectivity index (χ4n) is 5.38. The van der Waals surface area contributed by atoms with Crippen LogP contribution in [-0.4, -0.2) is 92.5 Å². The van der Waals surface area contributed by atoms with E-state index in [0.29, 0.717) is 48.6 Å². The molecule has 0 radical (unpaired) electrons. The van der Waals surface area contributed by atoms with Crippen LogP contribution in [0.5, 0.6) is 5.75 Å². The molecule has 5 rings (SSSR count). The van der Waals surface area contributed by atoms with Gasteiger partial charge in [0.05, 0.1) is 5.60 Å². The lowest BCUT2D eigenvalue weighted by atomic mass is 9.84. The molecule has 13 heteroatoms. The van der Waals surface area contributed by atoms with Gasteiger partial charge in [-0.25, -0.2) is 0 Å². The van der Waals surface area contributed by atoms with Crippen LogP contribution < -0.4 is 9.64 Å². The molecular formula is C26H32F3N7O3. The molecule has 0 saturated carbocycles. The summed E-state index contributed by atoms with van der Waals surface area (Å²) in [7, 11) is 0. The number of nitrogens with zero attached hydrogens (tertiary/aromatic N) is 7.